The van der Waals surface area contributed by atoms with Crippen LogP contribution in [0.25, 0.3) is 10.9 Å². The molecule has 0 saturated heterocycles. The minimum atomic E-state index is -0.0565. The summed E-state index contributed by atoms with van der Waals surface area (Å²) >= 11 is 5.80. The Balaban J connectivity index is 2.86. The largest absolute Gasteiger partial charge is 0.298 e. The number of nitrogens with zero attached hydrogens (tertiary/aromatic N) is 2. The van der Waals surface area contributed by atoms with Crippen molar-refractivity contribution in [1.29, 1.82) is 0 Å². The highest BCUT2D eigenvalue weighted by atomic mass is 35.5. The summed E-state index contributed by atoms with van der Waals surface area (Å²) in [6, 6.07) is 3.12. The van der Waals surface area contributed by atoms with Crippen molar-refractivity contribution < 1.29 is 8.68 Å². The van der Waals surface area contributed by atoms with E-state index in [1.54, 1.807) is 12.1 Å². The average molecular weight is 231 g/mol. The lowest BCUT2D eigenvalue weighted by atomic mass is 10.1. The molecule has 72 valence electrons. The van der Waals surface area contributed by atoms with Crippen molar-refractivity contribution in [1.82, 2.24) is 9.19 Å². The van der Waals surface area contributed by atoms with Crippen molar-refractivity contribution in [3.05, 3.63) is 28.9 Å². The molecule has 0 radical (unpaired) electrons. The van der Waals surface area contributed by atoms with Gasteiger partial charge in [0.25, 0.3) is 0 Å². The SMILES string of the molecule is O=Cc1ccc(Cl)c2c1cnn2SF. The number of aromatic nitrogens is 2. The molecule has 0 amide bonds. The van der Waals surface area contributed by atoms with Crippen LogP contribution < -0.4 is 0 Å². The van der Waals surface area contributed by atoms with Crippen LogP contribution in [0, 0.1) is 0 Å². The summed E-state index contributed by atoms with van der Waals surface area (Å²) in [6.07, 6.45) is 2.10. The minimum absolute atomic E-state index is 0.0565. The van der Waals surface area contributed by atoms with Gasteiger partial charge >= 0.3 is 0 Å². The van der Waals surface area contributed by atoms with Crippen LogP contribution in [-0.4, -0.2) is 15.5 Å². The molecule has 1 aromatic carbocycles. The fourth-order valence-electron chi connectivity index (χ4n) is 1.25. The quantitative estimate of drug-likeness (QED) is 0.744. The molecule has 0 unspecified atom stereocenters. The summed E-state index contributed by atoms with van der Waals surface area (Å²) in [5.41, 5.74) is 0.869. The van der Waals surface area contributed by atoms with Crippen LogP contribution in [-0.2, 0) is 0 Å². The number of aldehydes is 1. The van der Waals surface area contributed by atoms with Crippen molar-refractivity contribution in [3.63, 3.8) is 0 Å². The van der Waals surface area contributed by atoms with Crippen LogP contribution in [0.4, 0.5) is 3.89 Å². The summed E-state index contributed by atoms with van der Waals surface area (Å²) in [7, 11) is 0. The first-order chi connectivity index (χ1) is 6.77. The lowest BCUT2D eigenvalue weighted by Gasteiger charge is -1.98. The van der Waals surface area contributed by atoms with Crippen molar-refractivity contribution in [2.45, 2.75) is 0 Å². The Kier molecular flexibility index (Phi) is 2.43. The number of rotatable bonds is 2. The highest BCUT2D eigenvalue weighted by Gasteiger charge is 2.10. The van der Waals surface area contributed by atoms with E-state index in [2.05, 4.69) is 5.10 Å². The minimum Gasteiger partial charge on any atom is -0.298 e. The molecule has 0 saturated carbocycles. The van der Waals surface area contributed by atoms with E-state index in [9.17, 15) is 8.68 Å². The third-order valence-corrected chi connectivity index (χ3v) is 2.59. The topological polar surface area (TPSA) is 34.9 Å². The van der Waals surface area contributed by atoms with E-state index >= 15 is 0 Å². The maximum atomic E-state index is 12.4. The predicted octanol–water partition coefficient (Wildman–Crippen LogP) is 2.88. The lowest BCUT2D eigenvalue weighted by molar-refractivity contribution is 0.112. The number of hydrogen-bond donors (Lipinski definition) is 0. The fraction of sp³-hybridized carbons (Fsp3) is 0. The van der Waals surface area contributed by atoms with Gasteiger partial charge in [0.05, 0.1) is 11.2 Å². The van der Waals surface area contributed by atoms with Gasteiger partial charge in [-0.1, -0.05) is 11.6 Å². The molecule has 2 rings (SSSR count). The zero-order valence-electron chi connectivity index (χ0n) is 6.78. The third-order valence-electron chi connectivity index (χ3n) is 1.88. The molecule has 1 aromatic heterocycles. The monoisotopic (exact) mass is 230 g/mol. The van der Waals surface area contributed by atoms with Gasteiger partial charge < -0.3 is 0 Å². The van der Waals surface area contributed by atoms with Gasteiger partial charge in [0.2, 0.25) is 0 Å². The first-order valence-electron chi connectivity index (χ1n) is 3.68. The molecule has 1 heterocycles. The Hall–Kier alpha value is -1.07. The second kappa shape index (κ2) is 3.59. The third kappa shape index (κ3) is 1.29. The second-order valence-electron chi connectivity index (χ2n) is 2.60. The van der Waals surface area contributed by atoms with E-state index in [4.69, 9.17) is 11.6 Å². The molecule has 14 heavy (non-hydrogen) atoms. The molecule has 6 heteroatoms. The zero-order chi connectivity index (χ0) is 10.1. The number of fused-ring (bicyclic) bond motifs is 1. The molecule has 0 aliphatic heterocycles. The van der Waals surface area contributed by atoms with Gasteiger partial charge in [-0.25, -0.2) is 0 Å². The molecule has 0 fully saturated rings. The number of benzene rings is 1. The number of hydrogen-bond acceptors (Lipinski definition) is 3. The highest BCUT2D eigenvalue weighted by Crippen LogP contribution is 2.28. The zero-order valence-corrected chi connectivity index (χ0v) is 8.35. The first-order valence-corrected chi connectivity index (χ1v) is 4.73. The molecule has 0 spiro atoms. The van der Waals surface area contributed by atoms with Crippen molar-refractivity contribution >= 4 is 41.1 Å². The van der Waals surface area contributed by atoms with E-state index in [1.807, 2.05) is 0 Å². The van der Waals surface area contributed by atoms with Crippen LogP contribution in [0.5, 0.6) is 0 Å². The molecule has 0 bridgehead atoms. The predicted molar refractivity (Wildman–Crippen MR) is 54.2 cm³/mol. The Morgan fingerprint density at radius 1 is 1.57 bits per heavy atom. The molecule has 3 nitrogen and oxygen atoms in total. The molecule has 0 aliphatic carbocycles. The van der Waals surface area contributed by atoms with E-state index in [-0.39, 0.29) is 12.3 Å². The van der Waals surface area contributed by atoms with Gasteiger partial charge in [-0.15, -0.1) is 3.89 Å². The maximum Gasteiger partial charge on any atom is 0.188 e. The van der Waals surface area contributed by atoms with Gasteiger partial charge in [0.15, 0.2) is 18.6 Å². The standard InChI is InChI=1S/C8H4ClFN2OS/c9-7-2-1-5(4-13)6-3-11-12(14-10)8(6)7/h1-4H. The highest BCUT2D eigenvalue weighted by molar-refractivity contribution is 7.92. The average Bonchev–Trinajstić information content (AvgIpc) is 2.63. The van der Waals surface area contributed by atoms with Crippen molar-refractivity contribution in [2.75, 3.05) is 0 Å². The van der Waals surface area contributed by atoms with Crippen LogP contribution in [0.15, 0.2) is 18.3 Å². The number of carbonyl (C=O) groups is 1. The van der Waals surface area contributed by atoms with Crippen LogP contribution in [0.1, 0.15) is 10.4 Å². The number of carbonyl (C=O) groups excluding carboxylic acids is 1. The van der Waals surface area contributed by atoms with E-state index in [1.165, 1.54) is 6.20 Å². The van der Waals surface area contributed by atoms with E-state index < -0.39 is 0 Å². The lowest BCUT2D eigenvalue weighted by Crippen LogP contribution is -1.87. The van der Waals surface area contributed by atoms with E-state index in [0.717, 1.165) is 4.09 Å². The molecular formula is C8H4ClFN2OS. The summed E-state index contributed by atoms with van der Waals surface area (Å²) in [5.74, 6) is 0. The molecule has 0 aliphatic rings. The number of halogens is 2. The van der Waals surface area contributed by atoms with Gasteiger partial charge in [-0.2, -0.15) is 9.19 Å². The van der Waals surface area contributed by atoms with Crippen molar-refractivity contribution in [2.24, 2.45) is 0 Å². The Labute approximate surface area is 88.3 Å². The molecular weight excluding hydrogens is 227 g/mol. The van der Waals surface area contributed by atoms with Crippen LogP contribution >= 0.6 is 23.9 Å². The Bertz CT molecular complexity index is 499. The fourth-order valence-corrected chi connectivity index (χ4v) is 1.89. The van der Waals surface area contributed by atoms with Gasteiger partial charge in [-0.05, 0) is 12.1 Å². The smallest absolute Gasteiger partial charge is 0.188 e. The van der Waals surface area contributed by atoms with Crippen LogP contribution in [0.2, 0.25) is 5.02 Å². The normalized spacial score (nSPS) is 10.7. The molecule has 2 aromatic rings. The summed E-state index contributed by atoms with van der Waals surface area (Å²) < 4.78 is 13.4. The summed E-state index contributed by atoms with van der Waals surface area (Å²) in [5, 5.41) is 4.67. The molecule has 0 N–H and O–H groups in total. The Morgan fingerprint density at radius 3 is 3.00 bits per heavy atom. The first kappa shape index (κ1) is 9.48. The Morgan fingerprint density at radius 2 is 2.36 bits per heavy atom. The summed E-state index contributed by atoms with van der Waals surface area (Å²) in [4.78, 5) is 10.6. The van der Waals surface area contributed by atoms with Crippen molar-refractivity contribution in [3.8, 4) is 0 Å². The van der Waals surface area contributed by atoms with Gasteiger partial charge in [-0.3, -0.25) is 4.79 Å². The van der Waals surface area contributed by atoms with Crippen LogP contribution in [0.3, 0.4) is 0 Å². The molecule has 0 atom stereocenters. The summed E-state index contributed by atoms with van der Waals surface area (Å²) in [6.45, 7) is 0. The van der Waals surface area contributed by atoms with Gasteiger partial charge in [0.1, 0.15) is 5.52 Å². The van der Waals surface area contributed by atoms with E-state index in [0.29, 0.717) is 27.8 Å². The second-order valence-corrected chi connectivity index (χ2v) is 3.49. The maximum absolute atomic E-state index is 12.4. The van der Waals surface area contributed by atoms with Gasteiger partial charge in [0, 0.05) is 10.9 Å².